The van der Waals surface area contributed by atoms with Gasteiger partial charge in [0.2, 0.25) is 0 Å². The summed E-state index contributed by atoms with van der Waals surface area (Å²) < 4.78 is 8.47. The van der Waals surface area contributed by atoms with Crippen LogP contribution in [0, 0.1) is 13.8 Å². The number of hydrogen-bond acceptors (Lipinski definition) is 3. The fourth-order valence-electron chi connectivity index (χ4n) is 2.62. The van der Waals surface area contributed by atoms with Crippen LogP contribution in [0.5, 0.6) is 5.75 Å². The number of rotatable bonds is 5. The van der Waals surface area contributed by atoms with Crippen molar-refractivity contribution in [3.05, 3.63) is 75.5 Å². The molecular weight excluding hydrogens is 394 g/mol. The number of amides is 1. The van der Waals surface area contributed by atoms with Gasteiger partial charge < -0.3 is 10.1 Å². The Hall–Kier alpha value is -2.60. The molecule has 0 unspecified atom stereocenters. The zero-order chi connectivity index (χ0) is 18.7. The standard InChI is InChI=1S/C20H20BrN3O2/c1-13-19(14(2)24(3)23-13)22-20(25)16-10-8-15(9-11-16)12-26-18-7-5-4-6-17(18)21/h4-11H,12H2,1-3H3,(H,22,25). The number of halogens is 1. The molecule has 3 aromatic rings. The Labute approximate surface area is 161 Å². The van der Waals surface area contributed by atoms with Gasteiger partial charge in [0.15, 0.2) is 0 Å². The Balaban J connectivity index is 1.65. The Morgan fingerprint density at radius 3 is 2.46 bits per heavy atom. The molecule has 5 nitrogen and oxygen atoms in total. The number of aromatic nitrogens is 2. The third kappa shape index (κ3) is 3.96. The topological polar surface area (TPSA) is 56.2 Å². The minimum atomic E-state index is -0.150. The van der Waals surface area contributed by atoms with Gasteiger partial charge in [-0.2, -0.15) is 5.10 Å². The van der Waals surface area contributed by atoms with E-state index in [1.165, 1.54) is 0 Å². The van der Waals surface area contributed by atoms with Crippen LogP contribution in [0.25, 0.3) is 0 Å². The number of para-hydroxylation sites is 1. The minimum absolute atomic E-state index is 0.150. The summed E-state index contributed by atoms with van der Waals surface area (Å²) in [5.74, 6) is 0.638. The summed E-state index contributed by atoms with van der Waals surface area (Å²) in [6.45, 7) is 4.24. The molecule has 0 saturated carbocycles. The zero-order valence-corrected chi connectivity index (χ0v) is 16.5. The lowest BCUT2D eigenvalue weighted by molar-refractivity contribution is 0.102. The van der Waals surface area contributed by atoms with Gasteiger partial charge in [-0.25, -0.2) is 0 Å². The van der Waals surface area contributed by atoms with E-state index < -0.39 is 0 Å². The molecule has 26 heavy (non-hydrogen) atoms. The van der Waals surface area contributed by atoms with E-state index in [0.717, 1.165) is 32.9 Å². The van der Waals surface area contributed by atoms with Crippen LogP contribution in [0.3, 0.4) is 0 Å². The van der Waals surface area contributed by atoms with E-state index in [1.807, 2.05) is 57.3 Å². The first-order valence-electron chi connectivity index (χ1n) is 8.23. The van der Waals surface area contributed by atoms with Crippen LogP contribution in [0.15, 0.2) is 53.0 Å². The first-order chi connectivity index (χ1) is 12.5. The van der Waals surface area contributed by atoms with Gasteiger partial charge in [-0.1, -0.05) is 24.3 Å². The molecule has 6 heteroatoms. The van der Waals surface area contributed by atoms with Crippen molar-refractivity contribution in [1.82, 2.24) is 9.78 Å². The van der Waals surface area contributed by atoms with Crippen molar-refractivity contribution >= 4 is 27.5 Å². The molecule has 0 spiro atoms. The van der Waals surface area contributed by atoms with Gasteiger partial charge in [-0.3, -0.25) is 9.48 Å². The molecule has 0 saturated heterocycles. The van der Waals surface area contributed by atoms with E-state index in [9.17, 15) is 4.79 Å². The van der Waals surface area contributed by atoms with Gasteiger partial charge in [-0.05, 0) is 59.6 Å². The van der Waals surface area contributed by atoms with E-state index in [1.54, 1.807) is 16.8 Å². The van der Waals surface area contributed by atoms with E-state index >= 15 is 0 Å². The van der Waals surface area contributed by atoms with Gasteiger partial charge in [0.05, 0.1) is 21.5 Å². The van der Waals surface area contributed by atoms with E-state index in [2.05, 4.69) is 26.3 Å². The van der Waals surface area contributed by atoms with Crippen molar-refractivity contribution in [2.75, 3.05) is 5.32 Å². The number of anilines is 1. The molecule has 1 amide bonds. The number of benzene rings is 2. The summed E-state index contributed by atoms with van der Waals surface area (Å²) in [6.07, 6.45) is 0. The fraction of sp³-hybridized carbons (Fsp3) is 0.200. The molecular formula is C20H20BrN3O2. The molecule has 0 aliphatic rings. The number of ether oxygens (including phenoxy) is 1. The van der Waals surface area contributed by atoms with Crippen molar-refractivity contribution < 1.29 is 9.53 Å². The highest BCUT2D eigenvalue weighted by Crippen LogP contribution is 2.25. The van der Waals surface area contributed by atoms with E-state index in [-0.39, 0.29) is 5.91 Å². The van der Waals surface area contributed by atoms with Crippen LogP contribution >= 0.6 is 15.9 Å². The van der Waals surface area contributed by atoms with Crippen LogP contribution in [0.2, 0.25) is 0 Å². The highest BCUT2D eigenvalue weighted by atomic mass is 79.9. The SMILES string of the molecule is Cc1nn(C)c(C)c1NC(=O)c1ccc(COc2ccccc2Br)cc1. The normalized spacial score (nSPS) is 10.6. The summed E-state index contributed by atoms with van der Waals surface area (Å²) in [5.41, 5.74) is 4.08. The van der Waals surface area contributed by atoms with Crippen LogP contribution < -0.4 is 10.1 Å². The molecule has 134 valence electrons. The number of nitrogens with zero attached hydrogens (tertiary/aromatic N) is 2. The predicted octanol–water partition coefficient (Wildman–Crippen LogP) is 4.63. The smallest absolute Gasteiger partial charge is 0.255 e. The summed E-state index contributed by atoms with van der Waals surface area (Å²) >= 11 is 3.46. The first-order valence-corrected chi connectivity index (χ1v) is 9.03. The lowest BCUT2D eigenvalue weighted by atomic mass is 10.1. The summed E-state index contributed by atoms with van der Waals surface area (Å²) in [5, 5.41) is 7.25. The van der Waals surface area contributed by atoms with Crippen molar-refractivity contribution in [2.45, 2.75) is 20.5 Å². The Kier molecular flexibility index (Phi) is 5.42. The Morgan fingerprint density at radius 1 is 1.15 bits per heavy atom. The van der Waals surface area contributed by atoms with Crippen LogP contribution in [0.4, 0.5) is 5.69 Å². The van der Waals surface area contributed by atoms with E-state index in [4.69, 9.17) is 4.74 Å². The second-order valence-corrected chi connectivity index (χ2v) is 6.89. The van der Waals surface area contributed by atoms with Crippen molar-refractivity contribution in [1.29, 1.82) is 0 Å². The number of hydrogen-bond donors (Lipinski definition) is 1. The van der Waals surface area contributed by atoms with Crippen molar-refractivity contribution in [3.63, 3.8) is 0 Å². The van der Waals surface area contributed by atoms with Crippen LogP contribution in [0.1, 0.15) is 27.3 Å². The molecule has 0 radical (unpaired) electrons. The van der Waals surface area contributed by atoms with E-state index in [0.29, 0.717) is 12.2 Å². The maximum absolute atomic E-state index is 12.5. The number of carbonyl (C=O) groups is 1. The Morgan fingerprint density at radius 2 is 1.85 bits per heavy atom. The fourth-order valence-corrected chi connectivity index (χ4v) is 3.01. The van der Waals surface area contributed by atoms with Crippen molar-refractivity contribution in [2.24, 2.45) is 7.05 Å². The monoisotopic (exact) mass is 413 g/mol. The maximum Gasteiger partial charge on any atom is 0.255 e. The maximum atomic E-state index is 12.5. The second-order valence-electron chi connectivity index (χ2n) is 6.04. The molecule has 2 aromatic carbocycles. The summed E-state index contributed by atoms with van der Waals surface area (Å²) in [7, 11) is 1.86. The van der Waals surface area contributed by atoms with Gasteiger partial charge in [0, 0.05) is 12.6 Å². The van der Waals surface area contributed by atoms with Gasteiger partial charge in [-0.15, -0.1) is 0 Å². The van der Waals surface area contributed by atoms with Gasteiger partial charge in [0.1, 0.15) is 12.4 Å². The highest BCUT2D eigenvalue weighted by Gasteiger charge is 2.13. The molecule has 3 rings (SSSR count). The lowest BCUT2D eigenvalue weighted by Gasteiger charge is -2.09. The first kappa shape index (κ1) is 18.2. The molecule has 1 heterocycles. The average molecular weight is 414 g/mol. The summed E-state index contributed by atoms with van der Waals surface area (Å²) in [4.78, 5) is 12.5. The second kappa shape index (κ2) is 7.74. The largest absolute Gasteiger partial charge is 0.488 e. The molecule has 0 aliphatic carbocycles. The molecule has 0 atom stereocenters. The summed E-state index contributed by atoms with van der Waals surface area (Å²) in [6, 6.07) is 15.1. The molecule has 1 aromatic heterocycles. The quantitative estimate of drug-likeness (QED) is 0.662. The highest BCUT2D eigenvalue weighted by molar-refractivity contribution is 9.10. The van der Waals surface area contributed by atoms with Gasteiger partial charge >= 0.3 is 0 Å². The number of aryl methyl sites for hydroxylation is 2. The minimum Gasteiger partial charge on any atom is -0.488 e. The molecule has 1 N–H and O–H groups in total. The number of carbonyl (C=O) groups excluding carboxylic acids is 1. The van der Waals surface area contributed by atoms with Gasteiger partial charge in [0.25, 0.3) is 5.91 Å². The molecule has 0 aliphatic heterocycles. The predicted molar refractivity (Wildman–Crippen MR) is 106 cm³/mol. The molecule has 0 fully saturated rings. The van der Waals surface area contributed by atoms with Crippen molar-refractivity contribution in [3.8, 4) is 5.75 Å². The zero-order valence-electron chi connectivity index (χ0n) is 14.9. The number of nitrogens with one attached hydrogen (secondary N) is 1. The Bertz CT molecular complexity index is 933. The van der Waals surface area contributed by atoms with Crippen LogP contribution in [-0.4, -0.2) is 15.7 Å². The van der Waals surface area contributed by atoms with Crippen LogP contribution in [-0.2, 0) is 13.7 Å². The molecule has 0 bridgehead atoms. The third-order valence-corrected chi connectivity index (χ3v) is 4.85. The third-order valence-electron chi connectivity index (χ3n) is 4.19. The lowest BCUT2D eigenvalue weighted by Crippen LogP contribution is -2.13. The average Bonchev–Trinajstić information content (AvgIpc) is 2.87.